The van der Waals surface area contributed by atoms with Gasteiger partial charge in [0.25, 0.3) is 0 Å². The number of alkyl halides is 1. The zero-order valence-corrected chi connectivity index (χ0v) is 21.6. The zero-order chi connectivity index (χ0) is 24.0. The van der Waals surface area contributed by atoms with Gasteiger partial charge in [-0.1, -0.05) is 0 Å². The van der Waals surface area contributed by atoms with Crippen molar-refractivity contribution in [2.45, 2.75) is 107 Å². The van der Waals surface area contributed by atoms with Gasteiger partial charge in [0.1, 0.15) is 6.10 Å². The van der Waals surface area contributed by atoms with Crippen LogP contribution in [0.2, 0.25) is 0 Å². The Bertz CT molecular complexity index is 767. The number of carbonyl (C=O) groups excluding carboxylic acids is 2. The molecule has 5 rings (SSSR count). The molecular formula is C25H41ClN4O4. The maximum atomic E-state index is 13.5. The van der Waals surface area contributed by atoms with Gasteiger partial charge in [-0.15, -0.1) is 11.6 Å². The van der Waals surface area contributed by atoms with Crippen LogP contribution in [0.5, 0.6) is 0 Å². The first-order chi connectivity index (χ1) is 16.4. The molecule has 0 aromatic rings. The zero-order valence-electron chi connectivity index (χ0n) is 20.8. The predicted molar refractivity (Wildman–Crippen MR) is 129 cm³/mol. The monoisotopic (exact) mass is 496 g/mol. The third-order valence-electron chi connectivity index (χ3n) is 9.00. The van der Waals surface area contributed by atoms with E-state index in [9.17, 15) is 9.59 Å². The number of nitrogens with zero attached hydrogens (tertiary/aromatic N) is 3. The van der Waals surface area contributed by atoms with Crippen molar-refractivity contribution in [2.24, 2.45) is 11.8 Å². The normalized spacial score (nSPS) is 41.3. The van der Waals surface area contributed by atoms with Crippen molar-refractivity contribution in [3.63, 3.8) is 0 Å². The van der Waals surface area contributed by atoms with E-state index in [4.69, 9.17) is 21.1 Å². The lowest BCUT2D eigenvalue weighted by molar-refractivity contribution is -0.143. The average Bonchev–Trinajstić information content (AvgIpc) is 3.55. The summed E-state index contributed by atoms with van der Waals surface area (Å²) in [4.78, 5) is 30.1. The van der Waals surface area contributed by atoms with Gasteiger partial charge >= 0.3 is 6.09 Å². The number of piperazine rings is 1. The van der Waals surface area contributed by atoms with Gasteiger partial charge in [0.2, 0.25) is 5.91 Å². The number of fused-ring (bicyclic) bond motifs is 1. The summed E-state index contributed by atoms with van der Waals surface area (Å²) < 4.78 is 11.6. The highest BCUT2D eigenvalue weighted by Gasteiger charge is 2.49. The van der Waals surface area contributed by atoms with Gasteiger partial charge in [-0.3, -0.25) is 10.2 Å². The summed E-state index contributed by atoms with van der Waals surface area (Å²) >= 11 is 6.56. The van der Waals surface area contributed by atoms with Crippen LogP contribution in [0, 0.1) is 11.8 Å². The highest BCUT2D eigenvalue weighted by atomic mass is 35.5. The summed E-state index contributed by atoms with van der Waals surface area (Å²) in [7, 11) is 1.70. The Hall–Kier alpha value is -1.09. The van der Waals surface area contributed by atoms with Crippen molar-refractivity contribution in [1.82, 2.24) is 20.2 Å². The fourth-order valence-electron chi connectivity index (χ4n) is 7.02. The third kappa shape index (κ3) is 4.93. The van der Waals surface area contributed by atoms with Crippen LogP contribution in [0.4, 0.5) is 4.79 Å². The summed E-state index contributed by atoms with van der Waals surface area (Å²) in [5.74, 6) is 1.24. The first kappa shape index (κ1) is 24.6. The topological polar surface area (TPSA) is 74.3 Å². The number of carbonyl (C=O) groups is 2. The largest absolute Gasteiger partial charge is 0.444 e. The van der Waals surface area contributed by atoms with Crippen LogP contribution in [0.3, 0.4) is 0 Å². The van der Waals surface area contributed by atoms with Crippen molar-refractivity contribution >= 4 is 23.6 Å². The number of amides is 2. The second kappa shape index (κ2) is 10.1. The number of rotatable bonds is 4. The SMILES string of the molecule is COC1CCC(Cl)C(OC(=O)N2C[C@H](C)N(C(C)=O)C3CCC(C4CNN(C5CC5)C4)CC32)C1. The second-order valence-corrected chi connectivity index (χ2v) is 11.8. The molecule has 5 fully saturated rings. The fourth-order valence-corrected chi connectivity index (χ4v) is 7.30. The number of hydrogen-bond acceptors (Lipinski definition) is 6. The van der Waals surface area contributed by atoms with E-state index < -0.39 is 0 Å². The summed E-state index contributed by atoms with van der Waals surface area (Å²) in [6.45, 7) is 6.33. The molecule has 2 amide bonds. The molecule has 0 aromatic heterocycles. The molecule has 0 radical (unpaired) electrons. The van der Waals surface area contributed by atoms with E-state index in [-0.39, 0.29) is 47.7 Å². The Balaban J connectivity index is 1.30. The van der Waals surface area contributed by atoms with Crippen LogP contribution in [0.15, 0.2) is 0 Å². The van der Waals surface area contributed by atoms with Crippen LogP contribution >= 0.6 is 11.6 Å². The number of halogens is 1. The molecule has 34 heavy (non-hydrogen) atoms. The number of hydrogen-bond donors (Lipinski definition) is 1. The second-order valence-electron chi connectivity index (χ2n) is 11.3. The first-order valence-corrected chi connectivity index (χ1v) is 13.7. The third-order valence-corrected chi connectivity index (χ3v) is 9.50. The molecule has 2 aliphatic heterocycles. The van der Waals surface area contributed by atoms with E-state index in [2.05, 4.69) is 10.4 Å². The number of ether oxygens (including phenoxy) is 2. The van der Waals surface area contributed by atoms with Crippen molar-refractivity contribution in [2.75, 3.05) is 26.7 Å². The minimum Gasteiger partial charge on any atom is -0.444 e. The molecule has 0 aromatic carbocycles. The van der Waals surface area contributed by atoms with Crippen molar-refractivity contribution < 1.29 is 19.1 Å². The highest BCUT2D eigenvalue weighted by Crippen LogP contribution is 2.41. The molecule has 7 unspecified atom stereocenters. The molecule has 1 N–H and O–H groups in total. The Morgan fingerprint density at radius 1 is 0.971 bits per heavy atom. The molecule has 8 atom stereocenters. The predicted octanol–water partition coefficient (Wildman–Crippen LogP) is 2.99. The first-order valence-electron chi connectivity index (χ1n) is 13.3. The molecule has 3 aliphatic carbocycles. The summed E-state index contributed by atoms with van der Waals surface area (Å²) in [6, 6.07) is 0.749. The molecular weight excluding hydrogens is 456 g/mol. The Morgan fingerprint density at radius 3 is 2.47 bits per heavy atom. The van der Waals surface area contributed by atoms with Crippen LogP contribution in [-0.2, 0) is 14.3 Å². The van der Waals surface area contributed by atoms with Crippen LogP contribution in [-0.4, -0.2) is 95.3 Å². The van der Waals surface area contributed by atoms with Gasteiger partial charge < -0.3 is 19.3 Å². The minimum atomic E-state index is -0.335. The summed E-state index contributed by atoms with van der Waals surface area (Å²) in [5.41, 5.74) is 3.61. The maximum Gasteiger partial charge on any atom is 0.410 e. The Labute approximate surface area is 208 Å². The lowest BCUT2D eigenvalue weighted by atomic mass is 9.73. The molecule has 9 heteroatoms. The van der Waals surface area contributed by atoms with Gasteiger partial charge in [0.05, 0.1) is 23.6 Å². The Kier molecular flexibility index (Phi) is 7.32. The van der Waals surface area contributed by atoms with Crippen molar-refractivity contribution in [1.29, 1.82) is 0 Å². The van der Waals surface area contributed by atoms with E-state index >= 15 is 0 Å². The molecule has 0 bridgehead atoms. The van der Waals surface area contributed by atoms with Gasteiger partial charge in [-0.05, 0) is 63.7 Å². The van der Waals surface area contributed by atoms with Gasteiger partial charge in [-0.25, -0.2) is 9.80 Å². The molecule has 2 heterocycles. The highest BCUT2D eigenvalue weighted by molar-refractivity contribution is 6.21. The standard InChI is InChI=1S/C25H41ClN4O4/c1-15-13-28(25(32)34-24-11-20(33-3)7-8-21(24)26)23-10-17(4-9-22(23)30(15)16(2)31)18-12-27-29(14-18)19-5-6-19/h15,17-24,27H,4-14H2,1-3H3/t15-,17?,18?,20?,21?,22?,23?,24?/m0/s1. The van der Waals surface area contributed by atoms with E-state index in [1.807, 2.05) is 16.7 Å². The number of nitrogens with one attached hydrogen (secondary N) is 1. The number of methoxy groups -OCH3 is 1. The molecule has 2 saturated heterocycles. The van der Waals surface area contributed by atoms with E-state index in [0.29, 0.717) is 30.8 Å². The van der Waals surface area contributed by atoms with Crippen LogP contribution < -0.4 is 5.43 Å². The lowest BCUT2D eigenvalue weighted by Gasteiger charge is -2.54. The smallest absolute Gasteiger partial charge is 0.410 e. The summed E-state index contributed by atoms with van der Waals surface area (Å²) in [5, 5.41) is 2.25. The molecule has 8 nitrogen and oxygen atoms in total. The quantitative estimate of drug-likeness (QED) is 0.603. The van der Waals surface area contributed by atoms with E-state index in [1.165, 1.54) is 12.8 Å². The van der Waals surface area contributed by atoms with Gasteiger partial charge in [0.15, 0.2) is 0 Å². The Morgan fingerprint density at radius 2 is 1.76 bits per heavy atom. The molecule has 3 saturated carbocycles. The van der Waals surface area contributed by atoms with Crippen LogP contribution in [0.1, 0.15) is 65.2 Å². The average molecular weight is 497 g/mol. The number of hydrazine groups is 1. The summed E-state index contributed by atoms with van der Waals surface area (Å²) in [6.07, 6.45) is 7.36. The van der Waals surface area contributed by atoms with Crippen molar-refractivity contribution in [3.05, 3.63) is 0 Å². The van der Waals surface area contributed by atoms with Gasteiger partial charge in [-0.2, -0.15) is 0 Å². The van der Waals surface area contributed by atoms with Gasteiger partial charge in [0, 0.05) is 52.2 Å². The van der Waals surface area contributed by atoms with E-state index in [0.717, 1.165) is 45.2 Å². The molecule has 0 spiro atoms. The molecule has 192 valence electrons. The minimum absolute atomic E-state index is 0.00286. The lowest BCUT2D eigenvalue weighted by Crippen LogP contribution is -2.67. The van der Waals surface area contributed by atoms with Crippen molar-refractivity contribution in [3.8, 4) is 0 Å². The maximum absolute atomic E-state index is 13.5. The van der Waals surface area contributed by atoms with E-state index in [1.54, 1.807) is 14.0 Å². The molecule has 5 aliphatic rings. The fraction of sp³-hybridized carbons (Fsp3) is 0.920. The van der Waals surface area contributed by atoms with Crippen LogP contribution in [0.25, 0.3) is 0 Å².